The molecule has 3 aromatic carbocycles. The van der Waals surface area contributed by atoms with Gasteiger partial charge in [-0.3, -0.25) is 4.79 Å². The number of hydrogen-bond acceptors (Lipinski definition) is 3. The molecule has 0 heterocycles. The van der Waals surface area contributed by atoms with Crippen LogP contribution in [0, 0.1) is 12.7 Å². The zero-order valence-electron chi connectivity index (χ0n) is 14.7. The Labute approximate surface area is 156 Å². The molecule has 5 heteroatoms. The highest BCUT2D eigenvalue weighted by molar-refractivity contribution is 6.08. The van der Waals surface area contributed by atoms with Gasteiger partial charge in [0.25, 0.3) is 5.91 Å². The summed E-state index contributed by atoms with van der Waals surface area (Å²) in [5.74, 6) is -1.40. The number of nitrogens with one attached hydrogen (secondary N) is 1. The van der Waals surface area contributed by atoms with E-state index in [9.17, 15) is 14.0 Å². The Kier molecular flexibility index (Phi) is 5.61. The third kappa shape index (κ3) is 4.58. The van der Waals surface area contributed by atoms with E-state index < -0.39 is 11.8 Å². The van der Waals surface area contributed by atoms with Crippen LogP contribution in [0.5, 0.6) is 0 Å². The lowest BCUT2D eigenvalue weighted by Crippen LogP contribution is -2.16. The van der Waals surface area contributed by atoms with Crippen molar-refractivity contribution in [2.45, 2.75) is 13.5 Å². The van der Waals surface area contributed by atoms with E-state index >= 15 is 0 Å². The lowest BCUT2D eigenvalue weighted by Gasteiger charge is -2.11. The minimum Gasteiger partial charge on any atom is -0.457 e. The van der Waals surface area contributed by atoms with Gasteiger partial charge < -0.3 is 10.1 Å². The summed E-state index contributed by atoms with van der Waals surface area (Å²) in [6.45, 7) is 1.70. The predicted octanol–water partition coefficient (Wildman–Crippen LogP) is 4.74. The van der Waals surface area contributed by atoms with E-state index in [2.05, 4.69) is 5.32 Å². The van der Waals surface area contributed by atoms with Crippen LogP contribution in [0.15, 0.2) is 72.8 Å². The van der Waals surface area contributed by atoms with Gasteiger partial charge in [0.15, 0.2) is 0 Å². The molecular formula is C22H18FNO3. The molecule has 1 amide bonds. The fourth-order valence-corrected chi connectivity index (χ4v) is 2.59. The highest BCUT2D eigenvalue weighted by Crippen LogP contribution is 2.19. The molecule has 3 rings (SSSR count). The number of aryl methyl sites for hydroxylation is 1. The maximum Gasteiger partial charge on any atom is 0.340 e. The Morgan fingerprint density at radius 1 is 0.963 bits per heavy atom. The normalized spacial score (nSPS) is 10.3. The third-order valence-corrected chi connectivity index (χ3v) is 3.99. The standard InChI is InChI=1S/C22H18FNO3/c1-15-7-6-9-16(13-15)21(25)24-20-12-5-3-10-18(20)22(26)27-14-17-8-2-4-11-19(17)23/h2-13H,14H2,1H3,(H,24,25). The van der Waals surface area contributed by atoms with Crippen LogP contribution in [-0.2, 0) is 11.3 Å². The third-order valence-electron chi connectivity index (χ3n) is 3.99. The molecule has 0 aliphatic heterocycles. The summed E-state index contributed by atoms with van der Waals surface area (Å²) in [6, 6.07) is 19.8. The number of benzene rings is 3. The molecule has 136 valence electrons. The van der Waals surface area contributed by atoms with Crippen molar-refractivity contribution >= 4 is 17.6 Å². The predicted molar refractivity (Wildman–Crippen MR) is 101 cm³/mol. The summed E-state index contributed by atoms with van der Waals surface area (Å²) in [6.07, 6.45) is 0. The molecule has 0 spiro atoms. The van der Waals surface area contributed by atoms with E-state index in [-0.39, 0.29) is 23.6 Å². The van der Waals surface area contributed by atoms with Crippen molar-refractivity contribution < 1.29 is 18.7 Å². The Morgan fingerprint density at radius 3 is 2.48 bits per heavy atom. The number of anilines is 1. The number of carbonyl (C=O) groups excluding carboxylic acids is 2. The molecule has 27 heavy (non-hydrogen) atoms. The molecule has 0 atom stereocenters. The Balaban J connectivity index is 1.74. The highest BCUT2D eigenvalue weighted by Gasteiger charge is 2.16. The number of esters is 1. The molecule has 0 aliphatic carbocycles. The van der Waals surface area contributed by atoms with E-state index in [0.29, 0.717) is 11.3 Å². The Bertz CT molecular complexity index is 985. The number of hydrogen-bond donors (Lipinski definition) is 1. The Morgan fingerprint density at radius 2 is 1.70 bits per heavy atom. The fraction of sp³-hybridized carbons (Fsp3) is 0.0909. The van der Waals surface area contributed by atoms with Crippen molar-refractivity contribution in [2.24, 2.45) is 0 Å². The minimum atomic E-state index is -0.640. The van der Waals surface area contributed by atoms with Crippen molar-refractivity contribution in [3.05, 3.63) is 101 Å². The van der Waals surface area contributed by atoms with E-state index in [1.807, 2.05) is 13.0 Å². The van der Waals surface area contributed by atoms with E-state index in [0.717, 1.165) is 5.56 Å². The zero-order chi connectivity index (χ0) is 19.2. The number of para-hydroxylation sites is 1. The number of ether oxygens (including phenoxy) is 1. The van der Waals surface area contributed by atoms with Crippen LogP contribution in [0.1, 0.15) is 31.8 Å². The second-order valence-electron chi connectivity index (χ2n) is 6.04. The van der Waals surface area contributed by atoms with Crippen LogP contribution in [-0.4, -0.2) is 11.9 Å². The van der Waals surface area contributed by atoms with Crippen LogP contribution in [0.3, 0.4) is 0 Å². The molecule has 0 fully saturated rings. The quantitative estimate of drug-likeness (QED) is 0.666. The average Bonchev–Trinajstić information content (AvgIpc) is 2.67. The molecule has 4 nitrogen and oxygen atoms in total. The van der Waals surface area contributed by atoms with Crippen molar-refractivity contribution in [3.8, 4) is 0 Å². The first-order valence-corrected chi connectivity index (χ1v) is 8.42. The van der Waals surface area contributed by atoms with E-state index in [1.54, 1.807) is 60.7 Å². The van der Waals surface area contributed by atoms with Gasteiger partial charge in [0.1, 0.15) is 12.4 Å². The summed E-state index contributed by atoms with van der Waals surface area (Å²) in [7, 11) is 0. The van der Waals surface area contributed by atoms with Crippen LogP contribution >= 0.6 is 0 Å². The SMILES string of the molecule is Cc1cccc(C(=O)Nc2ccccc2C(=O)OCc2ccccc2F)c1. The highest BCUT2D eigenvalue weighted by atomic mass is 19.1. The molecule has 0 unspecified atom stereocenters. The fourth-order valence-electron chi connectivity index (χ4n) is 2.59. The van der Waals surface area contributed by atoms with Crippen molar-refractivity contribution in [2.75, 3.05) is 5.32 Å². The first kappa shape index (κ1) is 18.3. The summed E-state index contributed by atoms with van der Waals surface area (Å²) in [5, 5.41) is 2.73. The van der Waals surface area contributed by atoms with Gasteiger partial charge in [0.05, 0.1) is 11.3 Å². The second-order valence-corrected chi connectivity index (χ2v) is 6.04. The van der Waals surface area contributed by atoms with Gasteiger partial charge >= 0.3 is 5.97 Å². The molecule has 1 N–H and O–H groups in total. The molecule has 0 saturated carbocycles. The van der Waals surface area contributed by atoms with Crippen molar-refractivity contribution in [3.63, 3.8) is 0 Å². The first-order valence-electron chi connectivity index (χ1n) is 8.42. The summed E-state index contributed by atoms with van der Waals surface area (Å²) in [5.41, 5.74) is 2.27. The van der Waals surface area contributed by atoms with Gasteiger partial charge in [-0.15, -0.1) is 0 Å². The molecule has 0 aliphatic rings. The largest absolute Gasteiger partial charge is 0.457 e. The number of halogens is 1. The zero-order valence-corrected chi connectivity index (χ0v) is 14.7. The molecule has 3 aromatic rings. The van der Waals surface area contributed by atoms with Crippen molar-refractivity contribution in [1.82, 2.24) is 0 Å². The van der Waals surface area contributed by atoms with Crippen LogP contribution < -0.4 is 5.32 Å². The number of amides is 1. The molecule has 0 bridgehead atoms. The van der Waals surface area contributed by atoms with E-state index in [1.165, 1.54) is 6.07 Å². The summed E-state index contributed by atoms with van der Waals surface area (Å²) < 4.78 is 18.9. The smallest absolute Gasteiger partial charge is 0.340 e. The maximum absolute atomic E-state index is 13.7. The second kappa shape index (κ2) is 8.27. The van der Waals surface area contributed by atoms with Gasteiger partial charge in [-0.2, -0.15) is 0 Å². The van der Waals surface area contributed by atoms with E-state index in [4.69, 9.17) is 4.74 Å². The van der Waals surface area contributed by atoms with Gasteiger partial charge in [-0.05, 0) is 37.3 Å². The first-order chi connectivity index (χ1) is 13.0. The van der Waals surface area contributed by atoms with Crippen molar-refractivity contribution in [1.29, 1.82) is 0 Å². The molecule has 0 saturated heterocycles. The minimum absolute atomic E-state index is 0.189. The Hall–Kier alpha value is -3.47. The van der Waals surface area contributed by atoms with Crippen LogP contribution in [0.4, 0.5) is 10.1 Å². The van der Waals surface area contributed by atoms with Gasteiger partial charge in [0.2, 0.25) is 0 Å². The summed E-state index contributed by atoms with van der Waals surface area (Å²) in [4.78, 5) is 24.9. The lowest BCUT2D eigenvalue weighted by atomic mass is 10.1. The number of carbonyl (C=O) groups is 2. The topological polar surface area (TPSA) is 55.4 Å². The van der Waals surface area contributed by atoms with Gasteiger partial charge in [-0.25, -0.2) is 9.18 Å². The van der Waals surface area contributed by atoms with Crippen LogP contribution in [0.25, 0.3) is 0 Å². The van der Waals surface area contributed by atoms with Crippen LogP contribution in [0.2, 0.25) is 0 Å². The monoisotopic (exact) mass is 363 g/mol. The molecule has 0 radical (unpaired) electrons. The molecule has 0 aromatic heterocycles. The average molecular weight is 363 g/mol. The maximum atomic E-state index is 13.7. The summed E-state index contributed by atoms with van der Waals surface area (Å²) >= 11 is 0. The van der Waals surface area contributed by atoms with Gasteiger partial charge in [0, 0.05) is 11.1 Å². The lowest BCUT2D eigenvalue weighted by molar-refractivity contribution is 0.0470. The number of rotatable bonds is 5. The van der Waals surface area contributed by atoms with Gasteiger partial charge in [-0.1, -0.05) is 48.0 Å². The molecular weight excluding hydrogens is 345 g/mol.